The molecule has 1 aromatic carbocycles. The maximum absolute atomic E-state index is 9.22. The van der Waals surface area contributed by atoms with Crippen molar-refractivity contribution in [1.29, 1.82) is 0 Å². The zero-order valence-corrected chi connectivity index (χ0v) is 8.81. The number of aliphatic hydroxyl groups is 2. The lowest BCUT2D eigenvalue weighted by molar-refractivity contribution is -0.298. The van der Waals surface area contributed by atoms with Crippen molar-refractivity contribution in [2.45, 2.75) is 37.8 Å². The second-order valence-corrected chi connectivity index (χ2v) is 4.56. The summed E-state index contributed by atoms with van der Waals surface area (Å²) in [5, 5.41) is 18.4. The molecule has 2 N–H and O–H groups in total. The van der Waals surface area contributed by atoms with Crippen molar-refractivity contribution in [3.8, 4) is 0 Å². The summed E-state index contributed by atoms with van der Waals surface area (Å²) < 4.78 is 5.67. The van der Waals surface area contributed by atoms with Gasteiger partial charge in [0, 0.05) is 12.8 Å². The highest BCUT2D eigenvalue weighted by Gasteiger charge is 2.50. The Balaban J connectivity index is 1.85. The third kappa shape index (κ3) is 2.56. The van der Waals surface area contributed by atoms with Gasteiger partial charge in [-0.05, 0) is 12.5 Å². The van der Waals surface area contributed by atoms with Crippen molar-refractivity contribution in [3.63, 3.8) is 0 Å². The minimum Gasteiger partial charge on any atom is -0.370 e. The molecule has 0 heterocycles. The van der Waals surface area contributed by atoms with E-state index in [0.717, 1.165) is 5.56 Å². The SMILES string of the molecule is CC1(OCc2ccccc2)CC(O)(O)C1. The molecule has 3 heteroatoms. The zero-order valence-electron chi connectivity index (χ0n) is 8.81. The molecule has 1 fully saturated rings. The summed E-state index contributed by atoms with van der Waals surface area (Å²) in [6.07, 6.45) is 0.569. The minimum atomic E-state index is -1.52. The average Bonchev–Trinajstić information content (AvgIpc) is 2.13. The highest BCUT2D eigenvalue weighted by Crippen LogP contribution is 2.42. The molecule has 82 valence electrons. The molecule has 1 aliphatic carbocycles. The second kappa shape index (κ2) is 3.59. The van der Waals surface area contributed by atoms with E-state index in [0.29, 0.717) is 6.61 Å². The van der Waals surface area contributed by atoms with E-state index in [2.05, 4.69) is 0 Å². The lowest BCUT2D eigenvalue weighted by Crippen LogP contribution is -2.56. The number of benzene rings is 1. The molecule has 1 aromatic rings. The molecule has 0 unspecified atom stereocenters. The molecular formula is C12H16O3. The van der Waals surface area contributed by atoms with Gasteiger partial charge in [-0.3, -0.25) is 0 Å². The molecule has 0 aromatic heterocycles. The molecule has 1 aliphatic rings. The summed E-state index contributed by atoms with van der Waals surface area (Å²) >= 11 is 0. The lowest BCUT2D eigenvalue weighted by atomic mass is 9.76. The number of hydrogen-bond donors (Lipinski definition) is 2. The van der Waals surface area contributed by atoms with Gasteiger partial charge < -0.3 is 14.9 Å². The molecular weight excluding hydrogens is 192 g/mol. The van der Waals surface area contributed by atoms with E-state index < -0.39 is 5.79 Å². The van der Waals surface area contributed by atoms with Gasteiger partial charge in [0.1, 0.15) is 0 Å². The van der Waals surface area contributed by atoms with Crippen LogP contribution >= 0.6 is 0 Å². The summed E-state index contributed by atoms with van der Waals surface area (Å²) in [4.78, 5) is 0. The molecule has 0 atom stereocenters. The van der Waals surface area contributed by atoms with Crippen molar-refractivity contribution in [2.75, 3.05) is 0 Å². The third-order valence-corrected chi connectivity index (χ3v) is 2.74. The molecule has 0 spiro atoms. The van der Waals surface area contributed by atoms with Crippen LogP contribution in [0.4, 0.5) is 0 Å². The first kappa shape index (κ1) is 10.6. The van der Waals surface area contributed by atoms with Gasteiger partial charge in [-0.25, -0.2) is 0 Å². The topological polar surface area (TPSA) is 49.7 Å². The van der Waals surface area contributed by atoms with Crippen LogP contribution in [0.5, 0.6) is 0 Å². The van der Waals surface area contributed by atoms with Gasteiger partial charge in [0.15, 0.2) is 5.79 Å². The van der Waals surface area contributed by atoms with E-state index >= 15 is 0 Å². The van der Waals surface area contributed by atoms with Crippen LogP contribution in [0.3, 0.4) is 0 Å². The van der Waals surface area contributed by atoms with Gasteiger partial charge in [0.25, 0.3) is 0 Å². The van der Waals surface area contributed by atoms with Gasteiger partial charge in [0.05, 0.1) is 12.2 Å². The molecule has 0 bridgehead atoms. The quantitative estimate of drug-likeness (QED) is 0.739. The van der Waals surface area contributed by atoms with Gasteiger partial charge >= 0.3 is 0 Å². The third-order valence-electron chi connectivity index (χ3n) is 2.74. The van der Waals surface area contributed by atoms with E-state index in [4.69, 9.17) is 4.74 Å². The summed E-state index contributed by atoms with van der Waals surface area (Å²) in [5.74, 6) is -1.52. The molecule has 0 aliphatic heterocycles. The standard InChI is InChI=1S/C12H16O3/c1-11(8-12(13,14)9-11)15-7-10-5-3-2-4-6-10/h2-6,13-14H,7-9H2,1H3. The minimum absolute atomic E-state index is 0.285. The van der Waals surface area contributed by atoms with Crippen LogP contribution in [-0.2, 0) is 11.3 Å². The van der Waals surface area contributed by atoms with Crippen LogP contribution in [0.15, 0.2) is 30.3 Å². The van der Waals surface area contributed by atoms with Crippen molar-refractivity contribution < 1.29 is 14.9 Å². The number of ether oxygens (including phenoxy) is 1. The summed E-state index contributed by atoms with van der Waals surface area (Å²) in [6, 6.07) is 9.87. The predicted octanol–water partition coefficient (Wildman–Crippen LogP) is 1.44. The van der Waals surface area contributed by atoms with Crippen molar-refractivity contribution in [1.82, 2.24) is 0 Å². The van der Waals surface area contributed by atoms with Crippen molar-refractivity contribution in [2.24, 2.45) is 0 Å². The summed E-state index contributed by atoms with van der Waals surface area (Å²) in [7, 11) is 0. The molecule has 3 nitrogen and oxygen atoms in total. The number of rotatable bonds is 3. The lowest BCUT2D eigenvalue weighted by Gasteiger charge is -2.47. The first-order valence-corrected chi connectivity index (χ1v) is 5.12. The van der Waals surface area contributed by atoms with Crippen LogP contribution in [0.25, 0.3) is 0 Å². The molecule has 1 saturated carbocycles. The monoisotopic (exact) mass is 208 g/mol. The Morgan fingerprint density at radius 2 is 1.80 bits per heavy atom. The predicted molar refractivity (Wildman–Crippen MR) is 56.0 cm³/mol. The first-order valence-electron chi connectivity index (χ1n) is 5.12. The van der Waals surface area contributed by atoms with Gasteiger partial charge in [-0.2, -0.15) is 0 Å². The normalized spacial score (nSPS) is 22.1. The van der Waals surface area contributed by atoms with E-state index in [1.807, 2.05) is 37.3 Å². The summed E-state index contributed by atoms with van der Waals surface area (Å²) in [6.45, 7) is 2.42. The Kier molecular flexibility index (Phi) is 2.54. The maximum atomic E-state index is 9.22. The van der Waals surface area contributed by atoms with E-state index in [-0.39, 0.29) is 18.4 Å². The van der Waals surface area contributed by atoms with E-state index in [9.17, 15) is 10.2 Å². The van der Waals surface area contributed by atoms with Crippen LogP contribution in [0.2, 0.25) is 0 Å². The molecule has 0 amide bonds. The Morgan fingerprint density at radius 3 is 2.33 bits per heavy atom. The Morgan fingerprint density at radius 1 is 1.20 bits per heavy atom. The Labute approximate surface area is 89.3 Å². The Bertz CT molecular complexity index is 324. The highest BCUT2D eigenvalue weighted by atomic mass is 16.5. The van der Waals surface area contributed by atoms with Crippen molar-refractivity contribution >= 4 is 0 Å². The van der Waals surface area contributed by atoms with Gasteiger partial charge in [-0.15, -0.1) is 0 Å². The van der Waals surface area contributed by atoms with E-state index in [1.165, 1.54) is 0 Å². The molecule has 0 radical (unpaired) electrons. The van der Waals surface area contributed by atoms with E-state index in [1.54, 1.807) is 0 Å². The fourth-order valence-electron chi connectivity index (χ4n) is 2.08. The largest absolute Gasteiger partial charge is 0.370 e. The van der Waals surface area contributed by atoms with Crippen LogP contribution in [-0.4, -0.2) is 21.6 Å². The van der Waals surface area contributed by atoms with Gasteiger partial charge in [-0.1, -0.05) is 30.3 Å². The van der Waals surface area contributed by atoms with Crippen LogP contribution in [0.1, 0.15) is 25.3 Å². The van der Waals surface area contributed by atoms with Crippen LogP contribution < -0.4 is 0 Å². The molecule has 0 saturated heterocycles. The Hall–Kier alpha value is -0.900. The first-order chi connectivity index (χ1) is 6.99. The molecule has 15 heavy (non-hydrogen) atoms. The van der Waals surface area contributed by atoms with Gasteiger partial charge in [0.2, 0.25) is 0 Å². The fourth-order valence-corrected chi connectivity index (χ4v) is 2.08. The van der Waals surface area contributed by atoms with Crippen LogP contribution in [0, 0.1) is 0 Å². The fraction of sp³-hybridized carbons (Fsp3) is 0.500. The zero-order chi connectivity index (χ0) is 10.9. The second-order valence-electron chi connectivity index (χ2n) is 4.56. The average molecular weight is 208 g/mol. The smallest absolute Gasteiger partial charge is 0.167 e. The summed E-state index contributed by atoms with van der Waals surface area (Å²) in [5.41, 5.74) is 0.714. The van der Waals surface area contributed by atoms with Crippen molar-refractivity contribution in [3.05, 3.63) is 35.9 Å². The highest BCUT2D eigenvalue weighted by molar-refractivity contribution is 5.13. The number of hydrogen-bond acceptors (Lipinski definition) is 3. The molecule has 2 rings (SSSR count). The maximum Gasteiger partial charge on any atom is 0.167 e.